The van der Waals surface area contributed by atoms with Gasteiger partial charge in [0.15, 0.2) is 5.76 Å². The summed E-state index contributed by atoms with van der Waals surface area (Å²) >= 11 is 0. The first-order chi connectivity index (χ1) is 17.7. The predicted octanol–water partition coefficient (Wildman–Crippen LogP) is 4.50. The highest BCUT2D eigenvalue weighted by atomic mass is 16.5. The van der Waals surface area contributed by atoms with Crippen molar-refractivity contribution in [2.24, 2.45) is 0 Å². The number of pyridine rings is 1. The zero-order chi connectivity index (χ0) is 26.7. The van der Waals surface area contributed by atoms with Crippen molar-refractivity contribution in [3.05, 3.63) is 70.7 Å². The summed E-state index contributed by atoms with van der Waals surface area (Å²) in [6, 6.07) is 10.6. The van der Waals surface area contributed by atoms with Crippen molar-refractivity contribution in [2.45, 2.75) is 46.1 Å². The van der Waals surface area contributed by atoms with Crippen LogP contribution in [0.1, 0.15) is 54.7 Å². The van der Waals surface area contributed by atoms with E-state index in [4.69, 9.17) is 4.74 Å². The molecule has 0 saturated carbocycles. The maximum atomic E-state index is 13.4. The van der Waals surface area contributed by atoms with E-state index in [1.807, 2.05) is 79.8 Å². The van der Waals surface area contributed by atoms with E-state index in [1.165, 1.54) is 0 Å². The monoisotopic (exact) mass is 504 g/mol. The number of hydrogen-bond donors (Lipinski definition) is 1. The van der Waals surface area contributed by atoms with Crippen LogP contribution in [0, 0.1) is 13.8 Å². The van der Waals surface area contributed by atoms with Crippen molar-refractivity contribution in [2.75, 3.05) is 33.8 Å². The topological polar surface area (TPSA) is 87.4 Å². The molecule has 1 saturated heterocycles. The molecule has 1 atom stereocenters. The molecule has 4 rings (SSSR count). The molecular weight excluding hydrogens is 468 g/mol. The molecule has 1 aliphatic heterocycles. The molecule has 8 nitrogen and oxygen atoms in total. The van der Waals surface area contributed by atoms with Gasteiger partial charge in [0.1, 0.15) is 17.1 Å². The Morgan fingerprint density at radius 1 is 1.14 bits per heavy atom. The molecule has 1 aromatic carbocycles. The van der Waals surface area contributed by atoms with Gasteiger partial charge in [-0.2, -0.15) is 0 Å². The first-order valence-electron chi connectivity index (χ1n) is 12.8. The summed E-state index contributed by atoms with van der Waals surface area (Å²) in [6.45, 7) is 7.43. The average Bonchev–Trinajstić information content (AvgIpc) is 3.35. The molecule has 1 aliphatic rings. The molecule has 1 amide bonds. The average molecular weight is 505 g/mol. The van der Waals surface area contributed by atoms with E-state index < -0.39 is 17.7 Å². The Balaban J connectivity index is 1.82. The summed E-state index contributed by atoms with van der Waals surface area (Å²) in [7, 11) is 3.83. The number of rotatable bonds is 10. The van der Waals surface area contributed by atoms with E-state index >= 15 is 0 Å². The van der Waals surface area contributed by atoms with Crippen LogP contribution in [0.5, 0.6) is 5.75 Å². The highest BCUT2D eigenvalue weighted by Crippen LogP contribution is 2.40. The number of nitrogens with zero attached hydrogens (tertiary/aromatic N) is 4. The molecule has 0 spiro atoms. The van der Waals surface area contributed by atoms with Crippen LogP contribution in [-0.2, 0) is 9.59 Å². The van der Waals surface area contributed by atoms with Gasteiger partial charge in [0.05, 0.1) is 23.9 Å². The second-order valence-electron chi connectivity index (χ2n) is 9.85. The third kappa shape index (κ3) is 5.25. The minimum Gasteiger partial charge on any atom is -0.505 e. The van der Waals surface area contributed by atoms with Gasteiger partial charge in [0, 0.05) is 19.3 Å². The number of aliphatic hydroxyl groups excluding tert-OH is 1. The van der Waals surface area contributed by atoms with Gasteiger partial charge in [0.2, 0.25) is 0 Å². The number of aromatic nitrogens is 2. The number of ketones is 1. The molecule has 0 bridgehead atoms. The van der Waals surface area contributed by atoms with Crippen LogP contribution in [0.2, 0.25) is 0 Å². The van der Waals surface area contributed by atoms with E-state index in [0.717, 1.165) is 24.8 Å². The van der Waals surface area contributed by atoms with Gasteiger partial charge in [-0.25, -0.2) is 4.98 Å². The zero-order valence-electron chi connectivity index (χ0n) is 22.3. The van der Waals surface area contributed by atoms with Crippen molar-refractivity contribution in [1.29, 1.82) is 0 Å². The van der Waals surface area contributed by atoms with Crippen molar-refractivity contribution >= 4 is 23.1 Å². The van der Waals surface area contributed by atoms with Crippen LogP contribution in [0.4, 0.5) is 0 Å². The number of likely N-dealkylation sites (tertiary alicyclic amines) is 1. The number of amides is 1. The maximum absolute atomic E-state index is 13.4. The molecule has 196 valence electrons. The van der Waals surface area contributed by atoms with Crippen LogP contribution in [0.15, 0.2) is 48.2 Å². The Bertz CT molecular complexity index is 1340. The van der Waals surface area contributed by atoms with Gasteiger partial charge in [-0.1, -0.05) is 38.0 Å². The first-order valence-corrected chi connectivity index (χ1v) is 12.8. The Morgan fingerprint density at radius 2 is 1.92 bits per heavy atom. The fourth-order valence-electron chi connectivity index (χ4n) is 4.76. The Hall–Kier alpha value is -3.65. The number of unbranched alkanes of at least 4 members (excludes halogenated alkanes) is 2. The number of carbonyl (C=O) groups excluding carboxylic acids is 2. The van der Waals surface area contributed by atoms with Crippen LogP contribution in [-0.4, -0.2) is 69.8 Å². The lowest BCUT2D eigenvalue weighted by Crippen LogP contribution is -2.35. The van der Waals surface area contributed by atoms with Gasteiger partial charge >= 0.3 is 0 Å². The summed E-state index contributed by atoms with van der Waals surface area (Å²) < 4.78 is 7.84. The van der Waals surface area contributed by atoms with E-state index in [2.05, 4.69) is 11.9 Å². The summed E-state index contributed by atoms with van der Waals surface area (Å²) in [4.78, 5) is 34.8. The fraction of sp³-hybridized carbons (Fsp3) is 0.414. The number of carbonyl (C=O) groups is 2. The number of imidazole rings is 1. The van der Waals surface area contributed by atoms with Crippen LogP contribution >= 0.6 is 0 Å². The molecule has 3 aromatic rings. The van der Waals surface area contributed by atoms with E-state index in [0.29, 0.717) is 48.0 Å². The maximum Gasteiger partial charge on any atom is 0.295 e. The second kappa shape index (κ2) is 11.2. The lowest BCUT2D eigenvalue weighted by Gasteiger charge is -2.26. The van der Waals surface area contributed by atoms with Crippen molar-refractivity contribution in [3.8, 4) is 5.75 Å². The molecule has 37 heavy (non-hydrogen) atoms. The molecule has 1 N–H and O–H groups in total. The number of likely N-dealkylation sites (N-methyl/N-ethyl adjacent to an activating group) is 1. The van der Waals surface area contributed by atoms with Gasteiger partial charge in [-0.15, -0.1) is 0 Å². The molecule has 0 aliphatic carbocycles. The number of hydrogen-bond acceptors (Lipinski definition) is 6. The summed E-state index contributed by atoms with van der Waals surface area (Å²) in [5.41, 5.74) is 3.41. The lowest BCUT2D eigenvalue weighted by atomic mass is 9.96. The molecule has 3 heterocycles. The predicted molar refractivity (Wildman–Crippen MR) is 144 cm³/mol. The Morgan fingerprint density at radius 3 is 2.62 bits per heavy atom. The smallest absolute Gasteiger partial charge is 0.295 e. The number of aliphatic hydroxyl groups is 1. The number of Topliss-reactive ketones (excluding diaryl/α,β-unsaturated/α-hetero) is 1. The summed E-state index contributed by atoms with van der Waals surface area (Å²) in [5, 5.41) is 11.5. The molecule has 1 fully saturated rings. The van der Waals surface area contributed by atoms with E-state index in [-0.39, 0.29) is 11.3 Å². The van der Waals surface area contributed by atoms with Gasteiger partial charge in [-0.3, -0.25) is 9.59 Å². The van der Waals surface area contributed by atoms with Crippen molar-refractivity contribution in [3.63, 3.8) is 0 Å². The van der Waals surface area contributed by atoms with Crippen molar-refractivity contribution in [1.82, 2.24) is 19.2 Å². The largest absolute Gasteiger partial charge is 0.505 e. The highest BCUT2D eigenvalue weighted by molar-refractivity contribution is 6.46. The minimum absolute atomic E-state index is 0.0519. The minimum atomic E-state index is -0.746. The quantitative estimate of drug-likeness (QED) is 0.189. The Kier molecular flexibility index (Phi) is 7.97. The van der Waals surface area contributed by atoms with E-state index in [1.54, 1.807) is 4.90 Å². The van der Waals surface area contributed by atoms with Gasteiger partial charge < -0.3 is 24.0 Å². The molecular formula is C29H36N4O4. The Labute approximate surface area is 218 Å². The second-order valence-corrected chi connectivity index (χ2v) is 9.85. The lowest BCUT2D eigenvalue weighted by molar-refractivity contribution is -0.140. The number of ether oxygens (including phenoxy) is 1. The van der Waals surface area contributed by atoms with E-state index in [9.17, 15) is 14.7 Å². The molecule has 1 unspecified atom stereocenters. The molecule has 2 aromatic heterocycles. The number of fused-ring (bicyclic) bond motifs is 1. The van der Waals surface area contributed by atoms with Gasteiger partial charge in [-0.05, 0) is 63.7 Å². The van der Waals surface area contributed by atoms with Crippen LogP contribution in [0.3, 0.4) is 0 Å². The fourth-order valence-corrected chi connectivity index (χ4v) is 4.76. The third-order valence-corrected chi connectivity index (χ3v) is 6.83. The summed E-state index contributed by atoms with van der Waals surface area (Å²) in [5.74, 6) is -0.916. The number of aryl methyl sites for hydroxylation is 2. The van der Waals surface area contributed by atoms with Crippen molar-refractivity contribution < 1.29 is 19.4 Å². The van der Waals surface area contributed by atoms with Crippen LogP contribution < -0.4 is 4.74 Å². The highest BCUT2D eigenvalue weighted by Gasteiger charge is 2.46. The standard InChI is InChI=1S/C29H36N4O4/c1-6-7-8-17-37-22-13-9-12-21(18-22)25-23(27(35)29(36)33(25)16-15-31(4)5)26(34)24-20(3)32-14-10-11-19(2)28(32)30-24/h9-14,18,25,34H,6-8,15-17H2,1-5H3/b26-23+. The summed E-state index contributed by atoms with van der Waals surface area (Å²) in [6.07, 6.45) is 5.01. The first kappa shape index (κ1) is 26.4. The third-order valence-electron chi connectivity index (χ3n) is 6.83. The number of benzene rings is 1. The van der Waals surface area contributed by atoms with Gasteiger partial charge in [0.25, 0.3) is 11.7 Å². The molecule has 8 heteroatoms. The molecule has 0 radical (unpaired) electrons. The SMILES string of the molecule is CCCCCOc1cccc(C2/C(=C(\O)c3nc4c(C)cccn4c3C)C(=O)C(=O)N2CCN(C)C)c1. The normalized spacial score (nSPS) is 17.4. The zero-order valence-corrected chi connectivity index (χ0v) is 22.3. The van der Waals surface area contributed by atoms with Crippen LogP contribution in [0.25, 0.3) is 11.4 Å².